The van der Waals surface area contributed by atoms with Crippen molar-refractivity contribution in [1.29, 1.82) is 0 Å². The molecule has 2 heterocycles. The van der Waals surface area contributed by atoms with E-state index in [9.17, 15) is 8.78 Å². The van der Waals surface area contributed by atoms with E-state index in [2.05, 4.69) is 9.97 Å². The molecular weight excluding hydrogens is 402 g/mol. The Hall–Kier alpha value is -3.11. The zero-order valence-electron chi connectivity index (χ0n) is 16.1. The van der Waals surface area contributed by atoms with E-state index in [0.717, 1.165) is 51.3 Å². The Balaban J connectivity index is 1.55. The molecule has 5 aromatic rings. The van der Waals surface area contributed by atoms with E-state index in [4.69, 9.17) is 11.6 Å². The molecule has 5 rings (SSSR count). The summed E-state index contributed by atoms with van der Waals surface area (Å²) < 4.78 is 27.7. The fourth-order valence-electron chi connectivity index (χ4n) is 4.26. The van der Waals surface area contributed by atoms with Crippen LogP contribution in [-0.2, 0) is 6.42 Å². The second-order valence-corrected chi connectivity index (χ2v) is 8.02. The largest absolute Gasteiger partial charge is 0.361 e. The quantitative estimate of drug-likeness (QED) is 0.298. The van der Waals surface area contributed by atoms with Gasteiger partial charge in [0.2, 0.25) is 0 Å². The lowest BCUT2D eigenvalue weighted by atomic mass is 9.86. The highest BCUT2D eigenvalue weighted by atomic mass is 35.5. The van der Waals surface area contributed by atoms with Crippen molar-refractivity contribution < 1.29 is 8.78 Å². The Morgan fingerprint density at radius 2 is 1.40 bits per heavy atom. The first-order chi connectivity index (χ1) is 14.6. The second kappa shape index (κ2) is 7.62. The summed E-state index contributed by atoms with van der Waals surface area (Å²) in [6, 6.07) is 17.4. The van der Waals surface area contributed by atoms with E-state index in [0.29, 0.717) is 5.02 Å². The summed E-state index contributed by atoms with van der Waals surface area (Å²) in [5.41, 5.74) is 5.03. The normalized spacial score (nSPS) is 12.6. The topological polar surface area (TPSA) is 31.6 Å². The molecule has 2 N–H and O–H groups in total. The molecule has 0 saturated heterocycles. The van der Waals surface area contributed by atoms with Gasteiger partial charge in [0.15, 0.2) is 0 Å². The minimum atomic E-state index is -0.259. The molecule has 0 fully saturated rings. The van der Waals surface area contributed by atoms with Crippen molar-refractivity contribution in [3.63, 3.8) is 0 Å². The molecule has 5 heteroatoms. The standard InChI is InChI=1S/C25H19ClF2N2/c26-17-4-1-15(2-5-17)20(23-14-30-25-10-7-19(28)12-22(23)25)8-3-16-13-29-24-9-6-18(27)11-21(16)24/h1-2,4-7,9-14,20,29-30H,3,8H2. The zero-order chi connectivity index (χ0) is 20.7. The minimum Gasteiger partial charge on any atom is -0.361 e. The third-order valence-corrected chi connectivity index (χ3v) is 6.01. The molecule has 0 aliphatic carbocycles. The van der Waals surface area contributed by atoms with Crippen molar-refractivity contribution >= 4 is 33.4 Å². The maximum atomic E-state index is 14.0. The summed E-state index contributed by atoms with van der Waals surface area (Å²) in [6.07, 6.45) is 5.43. The molecule has 2 aromatic heterocycles. The number of H-pyrrole nitrogens is 2. The van der Waals surface area contributed by atoms with Crippen LogP contribution in [0.3, 0.4) is 0 Å². The first-order valence-electron chi connectivity index (χ1n) is 9.86. The highest BCUT2D eigenvalue weighted by molar-refractivity contribution is 6.30. The molecule has 1 atom stereocenters. The zero-order valence-corrected chi connectivity index (χ0v) is 16.8. The van der Waals surface area contributed by atoms with Crippen LogP contribution in [-0.4, -0.2) is 9.97 Å². The molecule has 0 aliphatic rings. The number of aromatic amines is 2. The average Bonchev–Trinajstić information content (AvgIpc) is 3.33. The van der Waals surface area contributed by atoms with Crippen molar-refractivity contribution in [1.82, 2.24) is 9.97 Å². The van der Waals surface area contributed by atoms with E-state index < -0.39 is 0 Å². The van der Waals surface area contributed by atoms with Crippen LogP contribution in [0.4, 0.5) is 8.78 Å². The smallest absolute Gasteiger partial charge is 0.123 e. The Labute approximate surface area is 177 Å². The molecule has 3 aromatic carbocycles. The Bertz CT molecular complexity index is 1330. The summed E-state index contributed by atoms with van der Waals surface area (Å²) in [5.74, 6) is -0.466. The van der Waals surface area contributed by atoms with Crippen LogP contribution in [0, 0.1) is 11.6 Å². The van der Waals surface area contributed by atoms with Crippen LogP contribution >= 0.6 is 11.6 Å². The first-order valence-corrected chi connectivity index (χ1v) is 10.2. The lowest BCUT2D eigenvalue weighted by Gasteiger charge is -2.17. The first kappa shape index (κ1) is 18.9. The number of nitrogens with one attached hydrogen (secondary N) is 2. The van der Waals surface area contributed by atoms with Crippen molar-refractivity contribution in [3.05, 3.63) is 106 Å². The summed E-state index contributed by atoms with van der Waals surface area (Å²) in [4.78, 5) is 6.48. The molecule has 0 saturated carbocycles. The number of aromatic nitrogens is 2. The van der Waals surface area contributed by atoms with Crippen LogP contribution < -0.4 is 0 Å². The number of fused-ring (bicyclic) bond motifs is 2. The maximum absolute atomic E-state index is 14.0. The molecule has 0 aliphatic heterocycles. The van der Waals surface area contributed by atoms with Crippen LogP contribution in [0.1, 0.15) is 29.0 Å². The van der Waals surface area contributed by atoms with Crippen LogP contribution in [0.5, 0.6) is 0 Å². The maximum Gasteiger partial charge on any atom is 0.123 e. The summed E-state index contributed by atoms with van der Waals surface area (Å²) in [7, 11) is 0. The van der Waals surface area contributed by atoms with Gasteiger partial charge in [-0.3, -0.25) is 0 Å². The predicted molar refractivity (Wildman–Crippen MR) is 118 cm³/mol. The lowest BCUT2D eigenvalue weighted by molar-refractivity contribution is 0.629. The third-order valence-electron chi connectivity index (χ3n) is 5.76. The summed E-state index contributed by atoms with van der Waals surface area (Å²) in [6.45, 7) is 0. The fraction of sp³-hybridized carbons (Fsp3) is 0.120. The molecule has 0 radical (unpaired) electrons. The van der Waals surface area contributed by atoms with Crippen molar-refractivity contribution in [2.45, 2.75) is 18.8 Å². The number of rotatable bonds is 5. The van der Waals surface area contributed by atoms with Gasteiger partial charge < -0.3 is 9.97 Å². The van der Waals surface area contributed by atoms with Gasteiger partial charge in [0.05, 0.1) is 0 Å². The molecule has 2 nitrogen and oxygen atoms in total. The molecular formula is C25H19ClF2N2. The van der Waals surface area contributed by atoms with Gasteiger partial charge in [0.1, 0.15) is 11.6 Å². The van der Waals surface area contributed by atoms with Crippen molar-refractivity contribution in [2.75, 3.05) is 0 Å². The SMILES string of the molecule is Fc1ccc2[nH]cc(CCC(c3ccc(Cl)cc3)c3c[nH]c4ccc(F)cc34)c2c1. The van der Waals surface area contributed by atoms with Gasteiger partial charge in [-0.25, -0.2) is 8.78 Å². The van der Waals surface area contributed by atoms with Gasteiger partial charge in [-0.05, 0) is 78.1 Å². The fourth-order valence-corrected chi connectivity index (χ4v) is 4.38. The number of hydrogen-bond acceptors (Lipinski definition) is 0. The van der Waals surface area contributed by atoms with E-state index in [1.54, 1.807) is 24.3 Å². The van der Waals surface area contributed by atoms with Gasteiger partial charge >= 0.3 is 0 Å². The van der Waals surface area contributed by atoms with Crippen LogP contribution in [0.15, 0.2) is 73.1 Å². The second-order valence-electron chi connectivity index (χ2n) is 7.58. The van der Waals surface area contributed by atoms with Crippen molar-refractivity contribution in [3.8, 4) is 0 Å². The monoisotopic (exact) mass is 420 g/mol. The summed E-state index contributed by atoms with van der Waals surface area (Å²) in [5, 5.41) is 2.45. The summed E-state index contributed by atoms with van der Waals surface area (Å²) >= 11 is 6.10. The van der Waals surface area contributed by atoms with E-state index in [1.807, 2.05) is 36.7 Å². The van der Waals surface area contributed by atoms with Crippen molar-refractivity contribution in [2.24, 2.45) is 0 Å². The molecule has 0 bridgehead atoms. The third kappa shape index (κ3) is 3.48. The highest BCUT2D eigenvalue weighted by Gasteiger charge is 2.19. The van der Waals surface area contributed by atoms with Crippen LogP contribution in [0.25, 0.3) is 21.8 Å². The Morgan fingerprint density at radius 3 is 2.13 bits per heavy atom. The minimum absolute atomic E-state index is 0.0383. The molecule has 0 spiro atoms. The van der Waals surface area contributed by atoms with Gasteiger partial charge in [-0.1, -0.05) is 23.7 Å². The predicted octanol–water partition coefficient (Wildman–Crippen LogP) is 7.35. The van der Waals surface area contributed by atoms with E-state index >= 15 is 0 Å². The highest BCUT2D eigenvalue weighted by Crippen LogP contribution is 2.36. The lowest BCUT2D eigenvalue weighted by Crippen LogP contribution is -2.03. The molecule has 150 valence electrons. The van der Waals surface area contributed by atoms with E-state index in [-0.39, 0.29) is 17.6 Å². The van der Waals surface area contributed by atoms with Gasteiger partial charge in [0, 0.05) is 45.1 Å². The Kier molecular flexibility index (Phi) is 4.80. The molecule has 1 unspecified atom stereocenters. The number of benzene rings is 3. The van der Waals surface area contributed by atoms with Crippen LogP contribution in [0.2, 0.25) is 5.02 Å². The van der Waals surface area contributed by atoms with Gasteiger partial charge in [0.25, 0.3) is 0 Å². The van der Waals surface area contributed by atoms with Gasteiger partial charge in [-0.2, -0.15) is 0 Å². The number of hydrogen-bond donors (Lipinski definition) is 2. The number of halogens is 3. The molecule has 30 heavy (non-hydrogen) atoms. The molecule has 0 amide bonds. The number of aryl methyl sites for hydroxylation is 1. The Morgan fingerprint density at radius 1 is 0.767 bits per heavy atom. The van der Waals surface area contributed by atoms with Gasteiger partial charge in [-0.15, -0.1) is 0 Å². The average molecular weight is 421 g/mol. The van der Waals surface area contributed by atoms with E-state index in [1.165, 1.54) is 12.1 Å².